The molecule has 2 aliphatic rings. The van der Waals surface area contributed by atoms with Crippen LogP contribution >= 0.6 is 11.3 Å². The molecule has 3 aromatic heterocycles. The van der Waals surface area contributed by atoms with Gasteiger partial charge in [-0.1, -0.05) is 194 Å². The van der Waals surface area contributed by atoms with Crippen LogP contribution < -0.4 is 26.2 Å². The summed E-state index contributed by atoms with van der Waals surface area (Å²) in [5.74, 6) is 0. The molecular weight excluding hydrogens is 1040 g/mol. The first kappa shape index (κ1) is 47.0. The van der Waals surface area contributed by atoms with Gasteiger partial charge in [0.1, 0.15) is 0 Å². The fraction of sp³-hybridized carbons (Fsp3) is 0. The molecule has 0 radical (unpaired) electrons. The lowest BCUT2D eigenvalue weighted by atomic mass is 9.33. The Balaban J connectivity index is 0.989. The van der Waals surface area contributed by atoms with E-state index in [1.807, 2.05) is 11.3 Å². The van der Waals surface area contributed by atoms with Gasteiger partial charge in [-0.3, -0.25) is 0 Å². The maximum atomic E-state index is 2.59. The average Bonchev–Trinajstić information content (AvgIpc) is 2.29. The van der Waals surface area contributed by atoms with Crippen LogP contribution in [0.25, 0.3) is 109 Å². The molecule has 0 bridgehead atoms. The minimum absolute atomic E-state index is 0.163. The summed E-state index contributed by atoms with van der Waals surface area (Å²) in [6.07, 6.45) is 0. The second-order valence-corrected chi connectivity index (χ2v) is 23.5. The molecule has 2 aliphatic heterocycles. The number of para-hydroxylation sites is 4. The molecule has 0 spiro atoms. The summed E-state index contributed by atoms with van der Waals surface area (Å²) in [6, 6.07) is 111. The minimum atomic E-state index is -0.163. The Kier molecular flexibility index (Phi) is 10.3. The summed E-state index contributed by atoms with van der Waals surface area (Å²) in [7, 11) is 0. The van der Waals surface area contributed by atoms with E-state index in [0.29, 0.717) is 0 Å². The van der Waals surface area contributed by atoms with E-state index in [1.165, 1.54) is 108 Å². The second-order valence-electron chi connectivity index (χ2n) is 22.4. The van der Waals surface area contributed by atoms with Crippen LogP contribution in [0.3, 0.4) is 0 Å². The van der Waals surface area contributed by atoms with E-state index in [2.05, 4.69) is 316 Å². The molecule has 5 heterocycles. The Hall–Kier alpha value is -10.7. The average molecular weight is 1090 g/mol. The first-order chi connectivity index (χ1) is 41.7. The third-order valence-corrected chi connectivity index (χ3v) is 19.0. The fourth-order valence-corrected chi connectivity index (χ4v) is 15.2. The molecule has 0 atom stereocenters. The highest BCUT2D eigenvalue weighted by Crippen LogP contribution is 2.50. The predicted molar refractivity (Wildman–Crippen MR) is 358 cm³/mol. The molecular formula is C78H49BN4S. The van der Waals surface area contributed by atoms with Crippen molar-refractivity contribution in [1.29, 1.82) is 0 Å². The molecule has 16 aromatic rings. The van der Waals surface area contributed by atoms with Crippen LogP contribution in [-0.4, -0.2) is 15.8 Å². The zero-order valence-electron chi connectivity index (χ0n) is 45.6. The first-order valence-electron chi connectivity index (χ1n) is 28.9. The number of hydrogen-bond acceptors (Lipinski definition) is 3. The highest BCUT2D eigenvalue weighted by molar-refractivity contribution is 7.25. The van der Waals surface area contributed by atoms with Crippen molar-refractivity contribution in [1.82, 2.24) is 9.13 Å². The Labute approximate surface area is 490 Å². The third-order valence-electron chi connectivity index (χ3n) is 17.9. The number of thiophene rings is 1. The van der Waals surface area contributed by atoms with E-state index in [0.717, 1.165) is 51.1 Å². The largest absolute Gasteiger partial charge is 0.311 e. The molecule has 4 nitrogen and oxygen atoms in total. The first-order valence-corrected chi connectivity index (χ1v) is 29.7. The maximum absolute atomic E-state index is 2.59. The van der Waals surface area contributed by atoms with Gasteiger partial charge < -0.3 is 18.9 Å². The van der Waals surface area contributed by atoms with Crippen molar-refractivity contribution in [2.45, 2.75) is 0 Å². The summed E-state index contributed by atoms with van der Waals surface area (Å²) < 4.78 is 7.53. The lowest BCUT2D eigenvalue weighted by Crippen LogP contribution is -2.61. The Morgan fingerprint density at radius 3 is 1.14 bits per heavy atom. The normalized spacial score (nSPS) is 12.7. The molecule has 6 heteroatoms. The van der Waals surface area contributed by atoms with E-state index >= 15 is 0 Å². The van der Waals surface area contributed by atoms with Crippen molar-refractivity contribution < 1.29 is 0 Å². The number of hydrogen-bond donors (Lipinski definition) is 0. The zero-order chi connectivity index (χ0) is 55.0. The van der Waals surface area contributed by atoms with Crippen molar-refractivity contribution in [3.05, 3.63) is 297 Å². The van der Waals surface area contributed by atoms with Crippen molar-refractivity contribution in [3.8, 4) is 44.8 Å². The van der Waals surface area contributed by atoms with Gasteiger partial charge in [-0.2, -0.15) is 0 Å². The van der Waals surface area contributed by atoms with E-state index in [9.17, 15) is 0 Å². The quantitative estimate of drug-likeness (QED) is 0.148. The minimum Gasteiger partial charge on any atom is -0.311 e. The molecule has 0 saturated carbocycles. The third kappa shape index (κ3) is 7.08. The molecule has 0 aliphatic carbocycles. The fourth-order valence-electron chi connectivity index (χ4n) is 14.1. The van der Waals surface area contributed by atoms with Gasteiger partial charge in [0.05, 0.1) is 22.1 Å². The van der Waals surface area contributed by atoms with Gasteiger partial charge in [-0.05, 0) is 153 Å². The second kappa shape index (κ2) is 18.4. The zero-order valence-corrected chi connectivity index (χ0v) is 46.4. The summed E-state index contributed by atoms with van der Waals surface area (Å²) in [4.78, 5) is 5.19. The number of nitrogens with zero attached hydrogens (tertiary/aromatic N) is 4. The Bertz CT molecular complexity index is 5030. The van der Waals surface area contributed by atoms with E-state index in [-0.39, 0.29) is 6.71 Å². The SMILES string of the molecule is c1ccc(-c2ccc(N3c4cc5c(cc4B4c6cc7c8ccccc8n(-c8ccccc8)c7cc6N(c6ccc(-c7ccccc7)cc6)c6cc(-c7ccc8sc9ccccc9c8c7)cc3c64)c3ccccc3n5-c3ccccc3)cc2)cc1. The van der Waals surface area contributed by atoms with Gasteiger partial charge in [-0.15, -0.1) is 11.3 Å². The van der Waals surface area contributed by atoms with Crippen LogP contribution in [0, 0.1) is 0 Å². The lowest BCUT2D eigenvalue weighted by Gasteiger charge is -2.44. The van der Waals surface area contributed by atoms with E-state index in [1.54, 1.807) is 0 Å². The summed E-state index contributed by atoms with van der Waals surface area (Å²) in [5.41, 5.74) is 24.7. The van der Waals surface area contributed by atoms with Crippen molar-refractivity contribution in [2.24, 2.45) is 0 Å². The molecule has 0 fully saturated rings. The summed E-state index contributed by atoms with van der Waals surface area (Å²) in [5, 5.41) is 7.49. The van der Waals surface area contributed by atoms with Gasteiger partial charge in [-0.25, -0.2) is 0 Å². The molecule has 0 saturated heterocycles. The van der Waals surface area contributed by atoms with Gasteiger partial charge in [0.2, 0.25) is 0 Å². The molecule has 18 rings (SSSR count). The van der Waals surface area contributed by atoms with Crippen molar-refractivity contribution in [3.63, 3.8) is 0 Å². The van der Waals surface area contributed by atoms with Crippen molar-refractivity contribution in [2.75, 3.05) is 9.80 Å². The number of fused-ring (bicyclic) bond motifs is 13. The number of benzene rings is 13. The Morgan fingerprint density at radius 2 is 0.643 bits per heavy atom. The Morgan fingerprint density at radius 1 is 0.238 bits per heavy atom. The van der Waals surface area contributed by atoms with Gasteiger partial charge in [0, 0.05) is 87.2 Å². The topological polar surface area (TPSA) is 16.3 Å². The van der Waals surface area contributed by atoms with Gasteiger partial charge >= 0.3 is 0 Å². The lowest BCUT2D eigenvalue weighted by molar-refractivity contribution is 1.17. The molecule has 0 unspecified atom stereocenters. The monoisotopic (exact) mass is 1080 g/mol. The highest BCUT2D eigenvalue weighted by Gasteiger charge is 2.45. The van der Waals surface area contributed by atoms with Crippen LogP contribution in [0.2, 0.25) is 0 Å². The van der Waals surface area contributed by atoms with Crippen LogP contribution in [0.15, 0.2) is 297 Å². The number of anilines is 6. The molecule has 0 amide bonds. The van der Waals surface area contributed by atoms with E-state index < -0.39 is 0 Å². The van der Waals surface area contributed by atoms with Gasteiger partial charge in [0.15, 0.2) is 0 Å². The predicted octanol–water partition coefficient (Wildman–Crippen LogP) is 19.3. The molecule has 84 heavy (non-hydrogen) atoms. The van der Waals surface area contributed by atoms with Crippen LogP contribution in [0.4, 0.5) is 34.1 Å². The summed E-state index contributed by atoms with van der Waals surface area (Å²) >= 11 is 1.87. The highest BCUT2D eigenvalue weighted by atomic mass is 32.1. The number of aromatic nitrogens is 2. The van der Waals surface area contributed by atoms with Crippen LogP contribution in [0.1, 0.15) is 0 Å². The number of rotatable bonds is 7. The molecule has 0 N–H and O–H groups in total. The van der Waals surface area contributed by atoms with Crippen molar-refractivity contribution >= 4 is 132 Å². The standard InChI is InChI=1S/C78H49BN4S/c1-5-19-50(20-6-1)52-33-38-58(39-34-52)82-72-48-70-63(60-27-13-16-30-68(60)80(70)56-23-9-3-10-24-56)46-66(72)79-67-47-64-61-28-14-17-31-69(61)81(57-25-11-4-12-26-57)71(64)49-73(67)83(59-40-35-53(36-41-59)51-21-7-2-8-22-51)75-45-55(44-74(82)78(75)79)54-37-42-77-65(43-54)62-29-15-18-32-76(62)84-77/h1-49H. The molecule has 390 valence electrons. The van der Waals surface area contributed by atoms with Crippen LogP contribution in [0.5, 0.6) is 0 Å². The van der Waals surface area contributed by atoms with Crippen LogP contribution in [-0.2, 0) is 0 Å². The van der Waals surface area contributed by atoms with E-state index in [4.69, 9.17) is 0 Å². The molecule has 13 aromatic carbocycles. The van der Waals surface area contributed by atoms with Gasteiger partial charge in [0.25, 0.3) is 6.71 Å². The smallest absolute Gasteiger partial charge is 0.252 e. The maximum Gasteiger partial charge on any atom is 0.252 e. The summed E-state index contributed by atoms with van der Waals surface area (Å²) in [6.45, 7) is -0.163.